The quantitative estimate of drug-likeness (QED) is 0.372. The second-order valence-corrected chi connectivity index (χ2v) is 8.32. The van der Waals surface area contributed by atoms with E-state index in [0.29, 0.717) is 18.7 Å². The number of aromatic amines is 1. The van der Waals surface area contributed by atoms with Crippen LogP contribution in [0.5, 0.6) is 0 Å². The van der Waals surface area contributed by atoms with Gasteiger partial charge < -0.3 is 21.1 Å². The van der Waals surface area contributed by atoms with Crippen molar-refractivity contribution >= 4 is 28.5 Å². The molecule has 1 saturated heterocycles. The Morgan fingerprint density at radius 1 is 1.05 bits per heavy atom. The number of likely N-dealkylation sites (tertiary alicyclic amines) is 1. The highest BCUT2D eigenvalue weighted by atomic mass is 19.4. The van der Waals surface area contributed by atoms with Crippen molar-refractivity contribution in [3.63, 3.8) is 0 Å². The minimum absolute atomic E-state index is 0.223. The monoisotopic (exact) mass is 531 g/mol. The smallest absolute Gasteiger partial charge is 0.475 e. The van der Waals surface area contributed by atoms with Crippen molar-refractivity contribution in [1.29, 1.82) is 0 Å². The summed E-state index contributed by atoms with van der Waals surface area (Å²) in [7, 11) is 0. The number of hydrogen-bond donors (Lipinski definition) is 4. The number of H-pyrrole nitrogens is 1. The van der Waals surface area contributed by atoms with E-state index in [4.69, 9.17) is 15.6 Å². The van der Waals surface area contributed by atoms with Gasteiger partial charge in [0.15, 0.2) is 0 Å². The Bertz CT molecular complexity index is 1220. The molecule has 37 heavy (non-hydrogen) atoms. The summed E-state index contributed by atoms with van der Waals surface area (Å²) >= 11 is 0. The van der Waals surface area contributed by atoms with Crippen LogP contribution in [0.3, 0.4) is 0 Å². The summed E-state index contributed by atoms with van der Waals surface area (Å²) in [6.07, 6.45) is -6.21. The predicted molar refractivity (Wildman–Crippen MR) is 121 cm³/mol. The van der Waals surface area contributed by atoms with E-state index in [9.17, 15) is 31.1 Å². The molecule has 5 N–H and O–H groups in total. The minimum Gasteiger partial charge on any atom is -0.475 e. The maximum atomic E-state index is 12.7. The number of alkyl halides is 6. The van der Waals surface area contributed by atoms with Gasteiger partial charge in [-0.25, -0.2) is 4.79 Å². The summed E-state index contributed by atoms with van der Waals surface area (Å²) in [5.74, 6) is -3.03. The van der Waals surface area contributed by atoms with Gasteiger partial charge in [0.1, 0.15) is 6.04 Å². The lowest BCUT2D eigenvalue weighted by molar-refractivity contribution is -0.192. The van der Waals surface area contributed by atoms with Crippen molar-refractivity contribution in [2.45, 2.75) is 37.3 Å². The summed E-state index contributed by atoms with van der Waals surface area (Å²) in [5.41, 5.74) is 7.62. The maximum Gasteiger partial charge on any atom is 0.490 e. The van der Waals surface area contributed by atoms with E-state index >= 15 is 0 Å². The van der Waals surface area contributed by atoms with Crippen molar-refractivity contribution in [2.24, 2.45) is 5.73 Å². The average Bonchev–Trinajstić information content (AvgIpc) is 3.31. The number of rotatable bonds is 4. The van der Waals surface area contributed by atoms with Crippen LogP contribution in [0.1, 0.15) is 30.0 Å². The Balaban J connectivity index is 0.000000479. The maximum absolute atomic E-state index is 12.7. The topological polar surface area (TPSA) is 124 Å². The molecule has 2 aromatic carbocycles. The number of hydrogen-bond acceptors (Lipinski definition) is 5. The van der Waals surface area contributed by atoms with Gasteiger partial charge in [-0.05, 0) is 48.7 Å². The molecule has 1 unspecified atom stereocenters. The second-order valence-electron chi connectivity index (χ2n) is 8.32. The Hall–Kier alpha value is -3.81. The van der Waals surface area contributed by atoms with Crippen LogP contribution in [0, 0.1) is 0 Å². The summed E-state index contributed by atoms with van der Waals surface area (Å²) < 4.78 is 69.9. The minimum atomic E-state index is -5.08. The number of carboxylic acids is 1. The zero-order valence-corrected chi connectivity index (χ0v) is 19.1. The van der Waals surface area contributed by atoms with Gasteiger partial charge in [0.25, 0.3) is 0 Å². The lowest BCUT2D eigenvalue weighted by Crippen LogP contribution is -2.45. The fraction of sp³-hybridized carbons (Fsp3) is 0.348. The van der Waals surface area contributed by atoms with Crippen molar-refractivity contribution in [3.05, 3.63) is 59.8 Å². The van der Waals surface area contributed by atoms with Crippen LogP contribution in [0.25, 0.3) is 10.9 Å². The number of nitrogens with zero attached hydrogens (tertiary/aromatic N) is 2. The molecule has 8 nitrogen and oxygen atoms in total. The van der Waals surface area contributed by atoms with Gasteiger partial charge in [-0.3, -0.25) is 9.89 Å². The highest BCUT2D eigenvalue weighted by Gasteiger charge is 2.38. The first-order valence-corrected chi connectivity index (χ1v) is 11.0. The standard InChI is InChI=1S/C21H22F3N5O.C2HF3O2/c22-21(23,24)15-3-1-13(2-4-15)19(25)20(30)29-9-7-16(8-10-29)27-17-5-6-18-14(11-17)12-26-28-18;3-2(4,5)1(6)7/h1-6,11-12,16,19,27H,7-10,25H2,(H,26,28);(H,6,7). The molecule has 1 aliphatic rings. The van der Waals surface area contributed by atoms with E-state index in [1.54, 1.807) is 11.1 Å². The number of aliphatic carboxylic acids is 1. The van der Waals surface area contributed by atoms with E-state index < -0.39 is 29.9 Å². The molecule has 0 bridgehead atoms. The molecule has 3 aromatic rings. The Morgan fingerprint density at radius 3 is 2.19 bits per heavy atom. The number of benzene rings is 2. The molecule has 1 fully saturated rings. The molecule has 200 valence electrons. The van der Waals surface area contributed by atoms with Crippen LogP contribution < -0.4 is 11.1 Å². The number of carboxylic acid groups (broad SMARTS) is 1. The molecule has 2 heterocycles. The normalized spacial score (nSPS) is 15.6. The van der Waals surface area contributed by atoms with Crippen LogP contribution in [-0.4, -0.2) is 57.4 Å². The zero-order chi connectivity index (χ0) is 27.4. The number of carbonyl (C=O) groups is 2. The van der Waals surface area contributed by atoms with Crippen molar-refractivity contribution < 1.29 is 41.0 Å². The molecule has 0 aliphatic carbocycles. The fourth-order valence-electron chi connectivity index (χ4n) is 3.73. The molecule has 0 saturated carbocycles. The van der Waals surface area contributed by atoms with E-state index in [2.05, 4.69) is 15.5 Å². The molecule has 1 aromatic heterocycles. The fourth-order valence-corrected chi connectivity index (χ4v) is 3.73. The van der Waals surface area contributed by atoms with E-state index in [1.807, 2.05) is 18.2 Å². The lowest BCUT2D eigenvalue weighted by Gasteiger charge is -2.34. The number of nitrogens with two attached hydrogens (primary N) is 1. The molecule has 0 spiro atoms. The number of fused-ring (bicyclic) bond motifs is 1. The number of aromatic nitrogens is 2. The van der Waals surface area contributed by atoms with Gasteiger partial charge in [-0.15, -0.1) is 0 Å². The van der Waals surface area contributed by atoms with E-state index in [0.717, 1.165) is 41.6 Å². The molecule has 1 amide bonds. The molecular formula is C23H23F6N5O3. The average molecular weight is 531 g/mol. The first-order chi connectivity index (χ1) is 17.3. The zero-order valence-electron chi connectivity index (χ0n) is 19.1. The summed E-state index contributed by atoms with van der Waals surface area (Å²) in [6, 6.07) is 9.67. The van der Waals surface area contributed by atoms with Gasteiger partial charge in [0.2, 0.25) is 5.91 Å². The Labute approximate surface area is 206 Å². The molecule has 1 aliphatic heterocycles. The van der Waals surface area contributed by atoms with Crippen LogP contribution >= 0.6 is 0 Å². The number of piperidine rings is 1. The van der Waals surface area contributed by atoms with Gasteiger partial charge in [0.05, 0.1) is 17.3 Å². The van der Waals surface area contributed by atoms with E-state index in [-0.39, 0.29) is 11.9 Å². The lowest BCUT2D eigenvalue weighted by atomic mass is 10.0. The second kappa shape index (κ2) is 11.1. The van der Waals surface area contributed by atoms with Gasteiger partial charge in [-0.2, -0.15) is 31.4 Å². The number of amides is 1. The summed E-state index contributed by atoms with van der Waals surface area (Å²) in [4.78, 5) is 23.3. The highest BCUT2D eigenvalue weighted by molar-refractivity contribution is 5.83. The third kappa shape index (κ3) is 7.35. The molecule has 1 atom stereocenters. The number of nitrogens with one attached hydrogen (secondary N) is 2. The third-order valence-corrected chi connectivity index (χ3v) is 5.72. The van der Waals surface area contributed by atoms with Crippen LogP contribution in [0.4, 0.5) is 32.0 Å². The summed E-state index contributed by atoms with van der Waals surface area (Å²) in [6.45, 7) is 1.08. The molecule has 14 heteroatoms. The van der Waals surface area contributed by atoms with Crippen LogP contribution in [0.2, 0.25) is 0 Å². The number of anilines is 1. The highest BCUT2D eigenvalue weighted by Crippen LogP contribution is 2.30. The van der Waals surface area contributed by atoms with Crippen molar-refractivity contribution in [2.75, 3.05) is 18.4 Å². The van der Waals surface area contributed by atoms with Crippen LogP contribution in [0.15, 0.2) is 48.7 Å². The Kier molecular flexibility index (Phi) is 8.31. The van der Waals surface area contributed by atoms with E-state index in [1.165, 1.54) is 12.1 Å². The molecular weight excluding hydrogens is 508 g/mol. The Morgan fingerprint density at radius 2 is 1.65 bits per heavy atom. The largest absolute Gasteiger partial charge is 0.490 e. The number of carbonyl (C=O) groups excluding carboxylic acids is 1. The molecule has 4 rings (SSSR count). The predicted octanol–water partition coefficient (Wildman–Crippen LogP) is 4.32. The van der Waals surface area contributed by atoms with Crippen molar-refractivity contribution in [1.82, 2.24) is 15.1 Å². The number of halogens is 6. The first kappa shape index (κ1) is 27.8. The first-order valence-electron chi connectivity index (χ1n) is 11.0. The van der Waals surface area contributed by atoms with Gasteiger partial charge in [0, 0.05) is 30.2 Å². The molecule has 0 radical (unpaired) electrons. The van der Waals surface area contributed by atoms with Gasteiger partial charge in [-0.1, -0.05) is 12.1 Å². The van der Waals surface area contributed by atoms with Crippen molar-refractivity contribution in [3.8, 4) is 0 Å². The summed E-state index contributed by atoms with van der Waals surface area (Å²) in [5, 5.41) is 18.6. The van der Waals surface area contributed by atoms with Crippen LogP contribution in [-0.2, 0) is 15.8 Å². The van der Waals surface area contributed by atoms with Gasteiger partial charge >= 0.3 is 18.3 Å². The SMILES string of the molecule is NC(C(=O)N1CCC(Nc2ccc3[nH]ncc3c2)CC1)c1ccc(C(F)(F)F)cc1.O=C(O)C(F)(F)F. The third-order valence-electron chi connectivity index (χ3n) is 5.72.